The van der Waals surface area contributed by atoms with E-state index in [9.17, 15) is 5.11 Å². The molecule has 3 heteroatoms. The van der Waals surface area contributed by atoms with Gasteiger partial charge in [0.2, 0.25) is 0 Å². The van der Waals surface area contributed by atoms with Gasteiger partial charge >= 0.3 is 0 Å². The van der Waals surface area contributed by atoms with Crippen molar-refractivity contribution in [1.29, 1.82) is 0 Å². The summed E-state index contributed by atoms with van der Waals surface area (Å²) < 4.78 is 0. The predicted octanol–water partition coefficient (Wildman–Crippen LogP) is 2.92. The van der Waals surface area contributed by atoms with Gasteiger partial charge in [-0.1, -0.05) is 48.0 Å². The first-order valence-corrected chi connectivity index (χ1v) is 5.93. The molecular formula is C15H17NO2. The van der Waals surface area contributed by atoms with Crippen LogP contribution in [-0.4, -0.2) is 5.11 Å². The maximum absolute atomic E-state index is 9.66. The lowest BCUT2D eigenvalue weighted by molar-refractivity contribution is 0.0231. The van der Waals surface area contributed by atoms with Crippen LogP contribution in [0, 0.1) is 6.92 Å². The van der Waals surface area contributed by atoms with E-state index >= 15 is 0 Å². The van der Waals surface area contributed by atoms with Crippen molar-refractivity contribution in [3.05, 3.63) is 65.2 Å². The van der Waals surface area contributed by atoms with Crippen LogP contribution < -0.4 is 5.48 Å². The Labute approximate surface area is 107 Å². The maximum Gasteiger partial charge on any atom is 0.120 e. The Hall–Kier alpha value is -1.84. The third-order valence-corrected chi connectivity index (χ3v) is 2.68. The zero-order chi connectivity index (χ0) is 12.8. The van der Waals surface area contributed by atoms with E-state index in [0.717, 1.165) is 16.7 Å². The molecule has 2 aromatic carbocycles. The highest BCUT2D eigenvalue weighted by Crippen LogP contribution is 2.17. The minimum Gasteiger partial charge on any atom is -0.508 e. The lowest BCUT2D eigenvalue weighted by Gasteiger charge is -2.08. The highest BCUT2D eigenvalue weighted by atomic mass is 16.6. The lowest BCUT2D eigenvalue weighted by atomic mass is 10.1. The molecule has 0 aromatic heterocycles. The maximum atomic E-state index is 9.66. The quantitative estimate of drug-likeness (QED) is 0.626. The van der Waals surface area contributed by atoms with E-state index in [0.29, 0.717) is 13.2 Å². The standard InChI is InChI=1S/C15H17NO2/c1-12-7-8-15(17)14(9-12)10-16-18-11-13-5-3-2-4-6-13/h2-9,16-17H,10-11H2,1H3. The number of phenols is 1. The molecule has 94 valence electrons. The summed E-state index contributed by atoms with van der Waals surface area (Å²) >= 11 is 0. The van der Waals surface area contributed by atoms with Gasteiger partial charge < -0.3 is 5.11 Å². The molecule has 0 saturated carbocycles. The average molecular weight is 243 g/mol. The molecule has 0 bridgehead atoms. The first-order valence-electron chi connectivity index (χ1n) is 5.93. The number of hydrogen-bond donors (Lipinski definition) is 2. The second kappa shape index (κ2) is 6.19. The van der Waals surface area contributed by atoms with Crippen LogP contribution in [0.5, 0.6) is 5.75 Å². The van der Waals surface area contributed by atoms with Crippen LogP contribution in [0.25, 0.3) is 0 Å². The fraction of sp³-hybridized carbons (Fsp3) is 0.200. The minimum atomic E-state index is 0.288. The van der Waals surface area contributed by atoms with Crippen molar-refractivity contribution in [2.75, 3.05) is 0 Å². The van der Waals surface area contributed by atoms with Gasteiger partial charge in [-0.15, -0.1) is 0 Å². The summed E-state index contributed by atoms with van der Waals surface area (Å²) in [4.78, 5) is 5.36. The summed E-state index contributed by atoms with van der Waals surface area (Å²) in [6.07, 6.45) is 0. The van der Waals surface area contributed by atoms with Crippen molar-refractivity contribution in [2.24, 2.45) is 0 Å². The lowest BCUT2D eigenvalue weighted by Crippen LogP contribution is -2.14. The second-order valence-electron chi connectivity index (χ2n) is 4.23. The fourth-order valence-corrected chi connectivity index (χ4v) is 1.69. The zero-order valence-electron chi connectivity index (χ0n) is 10.4. The molecule has 3 nitrogen and oxygen atoms in total. The van der Waals surface area contributed by atoms with Crippen LogP contribution in [-0.2, 0) is 18.0 Å². The Bertz CT molecular complexity index is 497. The molecule has 0 aliphatic rings. The van der Waals surface area contributed by atoms with Crippen LogP contribution in [0.1, 0.15) is 16.7 Å². The van der Waals surface area contributed by atoms with Crippen LogP contribution in [0.4, 0.5) is 0 Å². The van der Waals surface area contributed by atoms with Crippen molar-refractivity contribution < 1.29 is 9.94 Å². The smallest absolute Gasteiger partial charge is 0.120 e. The van der Waals surface area contributed by atoms with Gasteiger partial charge in [0.25, 0.3) is 0 Å². The fourth-order valence-electron chi connectivity index (χ4n) is 1.69. The molecule has 0 unspecified atom stereocenters. The van der Waals surface area contributed by atoms with Gasteiger partial charge in [0.1, 0.15) is 5.75 Å². The Morgan fingerprint density at radius 1 is 1.11 bits per heavy atom. The molecule has 0 heterocycles. The molecule has 0 aliphatic carbocycles. The van der Waals surface area contributed by atoms with E-state index in [1.807, 2.05) is 49.4 Å². The third kappa shape index (κ3) is 3.58. The van der Waals surface area contributed by atoms with Gasteiger partial charge in [-0.25, -0.2) is 0 Å². The van der Waals surface area contributed by atoms with E-state index in [4.69, 9.17) is 4.84 Å². The summed E-state index contributed by atoms with van der Waals surface area (Å²) in [5.41, 5.74) is 5.92. The van der Waals surface area contributed by atoms with Gasteiger partial charge in [0.15, 0.2) is 0 Å². The number of aromatic hydroxyl groups is 1. The highest BCUT2D eigenvalue weighted by Gasteiger charge is 2.00. The van der Waals surface area contributed by atoms with Gasteiger partial charge in [0, 0.05) is 12.1 Å². The van der Waals surface area contributed by atoms with Crippen LogP contribution in [0.3, 0.4) is 0 Å². The van der Waals surface area contributed by atoms with E-state index in [2.05, 4.69) is 5.48 Å². The van der Waals surface area contributed by atoms with Crippen molar-refractivity contribution >= 4 is 0 Å². The van der Waals surface area contributed by atoms with E-state index in [1.54, 1.807) is 6.07 Å². The van der Waals surface area contributed by atoms with Crippen molar-refractivity contribution in [1.82, 2.24) is 5.48 Å². The molecule has 2 rings (SSSR count). The topological polar surface area (TPSA) is 41.5 Å². The number of hydrogen-bond acceptors (Lipinski definition) is 3. The van der Waals surface area contributed by atoms with Gasteiger partial charge in [-0.3, -0.25) is 4.84 Å². The molecule has 0 saturated heterocycles. The predicted molar refractivity (Wildman–Crippen MR) is 70.9 cm³/mol. The Kier molecular flexibility index (Phi) is 4.34. The summed E-state index contributed by atoms with van der Waals surface area (Å²) in [6, 6.07) is 15.5. The number of hydroxylamine groups is 1. The van der Waals surface area contributed by atoms with E-state index in [1.165, 1.54) is 0 Å². The molecule has 0 amide bonds. The number of nitrogens with one attached hydrogen (secondary N) is 1. The summed E-state index contributed by atoms with van der Waals surface area (Å²) in [5, 5.41) is 9.66. The molecule has 18 heavy (non-hydrogen) atoms. The van der Waals surface area contributed by atoms with Crippen LogP contribution >= 0.6 is 0 Å². The second-order valence-corrected chi connectivity index (χ2v) is 4.23. The molecule has 2 N–H and O–H groups in total. The van der Waals surface area contributed by atoms with Gasteiger partial charge in [-0.05, 0) is 18.6 Å². The Balaban J connectivity index is 1.80. The van der Waals surface area contributed by atoms with Crippen LogP contribution in [0.15, 0.2) is 48.5 Å². The molecule has 0 spiro atoms. The Morgan fingerprint density at radius 3 is 2.67 bits per heavy atom. The molecule has 0 radical (unpaired) electrons. The monoisotopic (exact) mass is 243 g/mol. The summed E-state index contributed by atoms with van der Waals surface area (Å²) in [7, 11) is 0. The minimum absolute atomic E-state index is 0.288. The van der Waals surface area contributed by atoms with Crippen LogP contribution in [0.2, 0.25) is 0 Å². The van der Waals surface area contributed by atoms with E-state index in [-0.39, 0.29) is 5.75 Å². The summed E-state index contributed by atoms with van der Waals surface area (Å²) in [5.74, 6) is 0.288. The molecule has 0 fully saturated rings. The first-order chi connectivity index (χ1) is 8.75. The Morgan fingerprint density at radius 2 is 1.89 bits per heavy atom. The zero-order valence-corrected chi connectivity index (χ0v) is 10.4. The van der Waals surface area contributed by atoms with E-state index < -0.39 is 0 Å². The third-order valence-electron chi connectivity index (χ3n) is 2.68. The SMILES string of the molecule is Cc1ccc(O)c(CNOCc2ccccc2)c1. The van der Waals surface area contributed by atoms with Gasteiger partial charge in [0.05, 0.1) is 6.61 Å². The number of aryl methyl sites for hydroxylation is 1. The normalized spacial score (nSPS) is 10.5. The largest absolute Gasteiger partial charge is 0.508 e. The number of rotatable bonds is 5. The van der Waals surface area contributed by atoms with Crippen molar-refractivity contribution in [3.8, 4) is 5.75 Å². The molecule has 0 aliphatic heterocycles. The molecular weight excluding hydrogens is 226 g/mol. The average Bonchev–Trinajstić information content (AvgIpc) is 2.40. The molecule has 0 atom stereocenters. The van der Waals surface area contributed by atoms with Crippen molar-refractivity contribution in [3.63, 3.8) is 0 Å². The van der Waals surface area contributed by atoms with Crippen molar-refractivity contribution in [2.45, 2.75) is 20.1 Å². The molecule has 2 aromatic rings. The highest BCUT2D eigenvalue weighted by molar-refractivity contribution is 5.35. The first kappa shape index (κ1) is 12.6. The summed E-state index contributed by atoms with van der Waals surface area (Å²) in [6.45, 7) is 2.99. The number of benzene rings is 2. The van der Waals surface area contributed by atoms with Gasteiger partial charge in [-0.2, -0.15) is 5.48 Å². The number of phenolic OH excluding ortho intramolecular Hbond substituents is 1.